The second kappa shape index (κ2) is 6.41. The molecule has 0 spiro atoms. The first-order valence-electron chi connectivity index (χ1n) is 7.81. The molecule has 0 aromatic carbocycles. The molecular weight excluding hydrogens is 300 g/mol. The summed E-state index contributed by atoms with van der Waals surface area (Å²) in [6.07, 6.45) is 2.17. The van der Waals surface area contributed by atoms with E-state index in [2.05, 4.69) is 20.9 Å². The van der Waals surface area contributed by atoms with Crippen LogP contribution in [0, 0.1) is 24.2 Å². The Morgan fingerprint density at radius 3 is 2.68 bits per heavy atom. The number of aromatic nitrogens is 1. The lowest BCUT2D eigenvalue weighted by atomic mass is 10.2. The number of anilines is 1. The van der Waals surface area contributed by atoms with Gasteiger partial charge in [0.1, 0.15) is 11.9 Å². The Morgan fingerprint density at radius 1 is 1.41 bits per heavy atom. The van der Waals surface area contributed by atoms with E-state index in [1.807, 2.05) is 6.92 Å². The maximum atomic E-state index is 10.0. The number of nitriles is 1. The van der Waals surface area contributed by atoms with Gasteiger partial charge < -0.3 is 10.0 Å². The topological polar surface area (TPSA) is 63.4 Å². The molecule has 1 saturated carbocycles. The number of piperazine rings is 1. The second-order valence-corrected chi connectivity index (χ2v) is 6.64. The number of hydrogen-bond acceptors (Lipinski definition) is 5. The molecule has 3 rings (SSSR count). The van der Waals surface area contributed by atoms with Gasteiger partial charge in [-0.05, 0) is 31.7 Å². The van der Waals surface area contributed by atoms with Gasteiger partial charge in [-0.3, -0.25) is 4.90 Å². The Kier molecular flexibility index (Phi) is 4.53. The van der Waals surface area contributed by atoms with Crippen LogP contribution in [0.4, 0.5) is 5.82 Å². The van der Waals surface area contributed by atoms with Gasteiger partial charge in [0.05, 0.1) is 22.4 Å². The van der Waals surface area contributed by atoms with Crippen LogP contribution in [-0.2, 0) is 0 Å². The van der Waals surface area contributed by atoms with Crippen LogP contribution in [0.15, 0.2) is 6.07 Å². The van der Waals surface area contributed by atoms with Gasteiger partial charge in [-0.1, -0.05) is 11.6 Å². The molecule has 0 radical (unpaired) electrons. The van der Waals surface area contributed by atoms with Crippen LogP contribution in [0.5, 0.6) is 0 Å². The van der Waals surface area contributed by atoms with E-state index in [1.54, 1.807) is 6.07 Å². The lowest BCUT2D eigenvalue weighted by molar-refractivity contribution is 0.0921. The fraction of sp³-hybridized carbons (Fsp3) is 0.625. The van der Waals surface area contributed by atoms with Gasteiger partial charge in [-0.2, -0.15) is 5.26 Å². The molecule has 1 aromatic rings. The lowest BCUT2D eigenvalue weighted by Crippen LogP contribution is -2.49. The Labute approximate surface area is 136 Å². The zero-order chi connectivity index (χ0) is 15.7. The fourth-order valence-corrected chi connectivity index (χ4v) is 3.21. The van der Waals surface area contributed by atoms with Gasteiger partial charge in [-0.25, -0.2) is 4.98 Å². The SMILES string of the molecule is Cc1nc(N2CCN(C[C@H](O)C3CC3)CC2)c(Cl)cc1C#N. The van der Waals surface area contributed by atoms with Crippen molar-refractivity contribution in [1.29, 1.82) is 5.26 Å². The smallest absolute Gasteiger partial charge is 0.147 e. The standard InChI is InChI=1S/C16H21ClN4O/c1-11-13(9-18)8-14(17)16(19-11)21-6-4-20(5-7-21)10-15(22)12-2-3-12/h8,12,15,22H,2-7,10H2,1H3/t15-/m0/s1. The summed E-state index contributed by atoms with van der Waals surface area (Å²) in [6, 6.07) is 3.81. The lowest BCUT2D eigenvalue weighted by Gasteiger charge is -2.36. The molecule has 118 valence electrons. The Morgan fingerprint density at radius 2 is 2.09 bits per heavy atom. The number of aryl methyl sites for hydroxylation is 1. The minimum absolute atomic E-state index is 0.176. The van der Waals surface area contributed by atoms with Crippen molar-refractivity contribution in [2.45, 2.75) is 25.9 Å². The zero-order valence-corrected chi connectivity index (χ0v) is 13.6. The molecule has 2 heterocycles. The van der Waals surface area contributed by atoms with Crippen molar-refractivity contribution in [3.05, 3.63) is 22.3 Å². The maximum Gasteiger partial charge on any atom is 0.147 e. The Hall–Kier alpha value is -1.35. The molecule has 1 aromatic heterocycles. The number of halogens is 1. The summed E-state index contributed by atoms with van der Waals surface area (Å²) in [4.78, 5) is 8.97. The number of hydrogen-bond donors (Lipinski definition) is 1. The first-order valence-corrected chi connectivity index (χ1v) is 8.19. The quantitative estimate of drug-likeness (QED) is 0.916. The number of aliphatic hydroxyl groups excluding tert-OH is 1. The van der Waals surface area contributed by atoms with Crippen molar-refractivity contribution in [1.82, 2.24) is 9.88 Å². The molecule has 2 fully saturated rings. The van der Waals surface area contributed by atoms with E-state index < -0.39 is 0 Å². The molecule has 1 aliphatic carbocycles. The van der Waals surface area contributed by atoms with E-state index in [-0.39, 0.29) is 6.10 Å². The van der Waals surface area contributed by atoms with Gasteiger partial charge in [0.2, 0.25) is 0 Å². The molecule has 1 aliphatic heterocycles. The minimum Gasteiger partial charge on any atom is -0.392 e. The molecule has 0 bridgehead atoms. The molecule has 5 nitrogen and oxygen atoms in total. The summed E-state index contributed by atoms with van der Waals surface area (Å²) in [5.41, 5.74) is 1.24. The van der Waals surface area contributed by atoms with Crippen molar-refractivity contribution >= 4 is 17.4 Å². The van der Waals surface area contributed by atoms with E-state index in [1.165, 1.54) is 12.8 Å². The van der Waals surface area contributed by atoms with Crippen molar-refractivity contribution < 1.29 is 5.11 Å². The van der Waals surface area contributed by atoms with Crippen molar-refractivity contribution in [3.63, 3.8) is 0 Å². The highest BCUT2D eigenvalue weighted by Gasteiger charge is 2.31. The van der Waals surface area contributed by atoms with Crippen LogP contribution < -0.4 is 4.90 Å². The average molecular weight is 321 g/mol. The summed E-state index contributed by atoms with van der Waals surface area (Å²) in [5, 5.41) is 19.6. The number of aliphatic hydroxyl groups is 1. The van der Waals surface area contributed by atoms with Gasteiger partial charge in [0.15, 0.2) is 0 Å². The number of nitrogens with zero attached hydrogens (tertiary/aromatic N) is 4. The fourth-order valence-electron chi connectivity index (χ4n) is 2.94. The van der Waals surface area contributed by atoms with Crippen LogP contribution in [0.25, 0.3) is 0 Å². The predicted molar refractivity (Wildman–Crippen MR) is 86.1 cm³/mol. The normalized spacial score (nSPS) is 20.7. The first kappa shape index (κ1) is 15.5. The van der Waals surface area contributed by atoms with E-state index in [0.717, 1.165) is 38.5 Å². The molecule has 6 heteroatoms. The predicted octanol–water partition coefficient (Wildman–Crippen LogP) is 1.81. The van der Waals surface area contributed by atoms with E-state index in [4.69, 9.17) is 16.9 Å². The molecule has 2 aliphatic rings. The van der Waals surface area contributed by atoms with Crippen molar-refractivity contribution in [3.8, 4) is 6.07 Å². The van der Waals surface area contributed by atoms with Gasteiger partial charge >= 0.3 is 0 Å². The largest absolute Gasteiger partial charge is 0.392 e. The molecule has 22 heavy (non-hydrogen) atoms. The average Bonchev–Trinajstić information content (AvgIpc) is 3.35. The number of pyridine rings is 1. The summed E-state index contributed by atoms with van der Waals surface area (Å²) < 4.78 is 0. The van der Waals surface area contributed by atoms with E-state index in [9.17, 15) is 5.11 Å². The highest BCUT2D eigenvalue weighted by atomic mass is 35.5. The highest BCUT2D eigenvalue weighted by Crippen LogP contribution is 2.33. The molecule has 1 saturated heterocycles. The summed E-state index contributed by atoms with van der Waals surface area (Å²) in [5.74, 6) is 1.29. The van der Waals surface area contributed by atoms with Crippen molar-refractivity contribution in [2.24, 2.45) is 5.92 Å². The molecule has 1 N–H and O–H groups in total. The molecule has 0 amide bonds. The second-order valence-electron chi connectivity index (χ2n) is 6.23. The molecule has 0 unspecified atom stereocenters. The molecular formula is C16H21ClN4O. The summed E-state index contributed by atoms with van der Waals surface area (Å²) in [6.45, 7) is 6.10. The summed E-state index contributed by atoms with van der Waals surface area (Å²) in [7, 11) is 0. The third-order valence-electron chi connectivity index (χ3n) is 4.55. The minimum atomic E-state index is -0.176. The Balaban J connectivity index is 1.61. The third-order valence-corrected chi connectivity index (χ3v) is 4.83. The van der Waals surface area contributed by atoms with Crippen LogP contribution in [0.2, 0.25) is 5.02 Å². The van der Waals surface area contributed by atoms with Gasteiger partial charge in [0, 0.05) is 32.7 Å². The van der Waals surface area contributed by atoms with Crippen LogP contribution in [0.3, 0.4) is 0 Å². The monoisotopic (exact) mass is 320 g/mol. The van der Waals surface area contributed by atoms with E-state index in [0.29, 0.717) is 22.2 Å². The van der Waals surface area contributed by atoms with E-state index >= 15 is 0 Å². The maximum absolute atomic E-state index is 10.0. The van der Waals surface area contributed by atoms with Crippen molar-refractivity contribution in [2.75, 3.05) is 37.6 Å². The first-order chi connectivity index (χ1) is 10.6. The number of rotatable bonds is 4. The van der Waals surface area contributed by atoms with Gasteiger partial charge in [-0.15, -0.1) is 0 Å². The summed E-state index contributed by atoms with van der Waals surface area (Å²) >= 11 is 6.28. The Bertz CT molecular complexity index is 589. The van der Waals surface area contributed by atoms with Crippen LogP contribution in [0.1, 0.15) is 24.1 Å². The zero-order valence-electron chi connectivity index (χ0n) is 12.8. The number of β-amino-alcohol motifs (C(OH)–C–C–N with tert-alkyl or cyclic N) is 1. The van der Waals surface area contributed by atoms with Gasteiger partial charge in [0.25, 0.3) is 0 Å². The van der Waals surface area contributed by atoms with Crippen LogP contribution in [-0.4, -0.2) is 53.8 Å². The molecule has 1 atom stereocenters. The third kappa shape index (κ3) is 3.35. The van der Waals surface area contributed by atoms with Crippen LogP contribution >= 0.6 is 11.6 Å². The highest BCUT2D eigenvalue weighted by molar-refractivity contribution is 6.33.